The summed E-state index contributed by atoms with van der Waals surface area (Å²) in [6.45, 7) is 5.59. The Morgan fingerprint density at radius 3 is 3.00 bits per heavy atom. The highest BCUT2D eigenvalue weighted by molar-refractivity contribution is 5.76. The number of piperidine rings is 1. The van der Waals surface area contributed by atoms with Crippen LogP contribution < -0.4 is 0 Å². The number of methoxy groups -OCH3 is 1. The number of fused-ring (bicyclic) bond motifs is 1. The molecule has 3 atom stereocenters. The Bertz CT molecular complexity index is 508. The Morgan fingerprint density at radius 1 is 1.45 bits per heavy atom. The van der Waals surface area contributed by atoms with E-state index in [1.54, 1.807) is 13.3 Å². The van der Waals surface area contributed by atoms with Crippen molar-refractivity contribution in [2.75, 3.05) is 26.7 Å². The third-order valence-electron chi connectivity index (χ3n) is 5.00. The van der Waals surface area contributed by atoms with Gasteiger partial charge < -0.3 is 9.64 Å². The molecule has 2 aliphatic rings. The molecule has 3 rings (SSSR count). The van der Waals surface area contributed by atoms with E-state index in [-0.39, 0.29) is 12.0 Å². The fraction of sp³-hybridized carbons (Fsp3) is 0.647. The van der Waals surface area contributed by atoms with E-state index in [9.17, 15) is 4.79 Å². The zero-order valence-corrected chi connectivity index (χ0v) is 13.4. The van der Waals surface area contributed by atoms with Crippen molar-refractivity contribution in [1.82, 2.24) is 14.8 Å². The van der Waals surface area contributed by atoms with E-state index in [1.165, 1.54) is 5.56 Å². The first-order chi connectivity index (χ1) is 10.7. The van der Waals surface area contributed by atoms with Crippen LogP contribution in [0.25, 0.3) is 0 Å². The van der Waals surface area contributed by atoms with Crippen LogP contribution in [0.4, 0.5) is 0 Å². The molecule has 0 aliphatic carbocycles. The summed E-state index contributed by atoms with van der Waals surface area (Å²) in [5, 5.41) is 0. The number of carbonyl (C=O) groups is 1. The maximum atomic E-state index is 12.2. The number of hydrogen-bond donors (Lipinski definition) is 0. The van der Waals surface area contributed by atoms with E-state index >= 15 is 0 Å². The maximum Gasteiger partial charge on any atom is 0.222 e. The van der Waals surface area contributed by atoms with Gasteiger partial charge in [0.05, 0.1) is 12.1 Å². The quantitative estimate of drug-likeness (QED) is 0.846. The van der Waals surface area contributed by atoms with Gasteiger partial charge in [-0.2, -0.15) is 0 Å². The first-order valence-corrected chi connectivity index (χ1v) is 8.16. The van der Waals surface area contributed by atoms with Crippen LogP contribution in [0.5, 0.6) is 0 Å². The Kier molecular flexibility index (Phi) is 4.74. The molecule has 1 aromatic rings. The first kappa shape index (κ1) is 15.4. The molecule has 0 bridgehead atoms. The number of rotatable bonds is 4. The van der Waals surface area contributed by atoms with Crippen molar-refractivity contribution in [3.8, 4) is 0 Å². The van der Waals surface area contributed by atoms with Crippen LogP contribution in [0.3, 0.4) is 0 Å². The molecule has 22 heavy (non-hydrogen) atoms. The van der Waals surface area contributed by atoms with Crippen LogP contribution in [0.15, 0.2) is 24.5 Å². The molecule has 2 fully saturated rings. The number of hydrogen-bond acceptors (Lipinski definition) is 4. The highest BCUT2D eigenvalue weighted by atomic mass is 16.5. The number of aromatic nitrogens is 1. The lowest BCUT2D eigenvalue weighted by Crippen LogP contribution is -2.53. The molecule has 3 heterocycles. The summed E-state index contributed by atoms with van der Waals surface area (Å²) >= 11 is 0. The summed E-state index contributed by atoms with van der Waals surface area (Å²) in [5.41, 5.74) is 1.23. The average Bonchev–Trinajstić information content (AvgIpc) is 2.97. The van der Waals surface area contributed by atoms with Crippen molar-refractivity contribution < 1.29 is 9.53 Å². The lowest BCUT2D eigenvalue weighted by Gasteiger charge is -2.41. The lowest BCUT2D eigenvalue weighted by atomic mass is 9.89. The zero-order valence-electron chi connectivity index (χ0n) is 13.4. The normalized spacial score (nSPS) is 28.6. The van der Waals surface area contributed by atoms with Gasteiger partial charge in [-0.15, -0.1) is 0 Å². The molecule has 120 valence electrons. The largest absolute Gasteiger partial charge is 0.381 e. The summed E-state index contributed by atoms with van der Waals surface area (Å²) in [6, 6.07) is 4.38. The molecule has 0 radical (unpaired) electrons. The molecule has 0 aromatic carbocycles. The van der Waals surface area contributed by atoms with Gasteiger partial charge in [-0.3, -0.25) is 14.7 Å². The van der Waals surface area contributed by atoms with Gasteiger partial charge in [0.25, 0.3) is 0 Å². The van der Waals surface area contributed by atoms with Crippen molar-refractivity contribution in [1.29, 1.82) is 0 Å². The summed E-state index contributed by atoms with van der Waals surface area (Å²) in [5.74, 6) is 0.693. The van der Waals surface area contributed by atoms with E-state index in [1.807, 2.05) is 19.2 Å². The van der Waals surface area contributed by atoms with Gasteiger partial charge in [0.15, 0.2) is 0 Å². The molecule has 2 saturated heterocycles. The van der Waals surface area contributed by atoms with E-state index in [0.717, 1.165) is 32.6 Å². The van der Waals surface area contributed by atoms with Crippen LogP contribution in [0, 0.1) is 5.92 Å². The van der Waals surface area contributed by atoms with Crippen molar-refractivity contribution in [3.63, 3.8) is 0 Å². The second kappa shape index (κ2) is 6.75. The van der Waals surface area contributed by atoms with E-state index in [2.05, 4.69) is 20.9 Å². The molecule has 0 unspecified atom stereocenters. The van der Waals surface area contributed by atoms with Gasteiger partial charge in [0.1, 0.15) is 0 Å². The minimum Gasteiger partial charge on any atom is -0.381 e. The fourth-order valence-corrected chi connectivity index (χ4v) is 3.92. The van der Waals surface area contributed by atoms with Crippen molar-refractivity contribution >= 4 is 5.91 Å². The minimum absolute atomic E-state index is 0.268. The molecule has 2 aliphatic heterocycles. The summed E-state index contributed by atoms with van der Waals surface area (Å²) in [4.78, 5) is 20.9. The van der Waals surface area contributed by atoms with E-state index in [4.69, 9.17) is 4.74 Å². The van der Waals surface area contributed by atoms with Crippen LogP contribution in [0.2, 0.25) is 0 Å². The first-order valence-electron chi connectivity index (χ1n) is 8.16. The third-order valence-corrected chi connectivity index (χ3v) is 5.00. The topological polar surface area (TPSA) is 45.7 Å². The molecular weight excluding hydrogens is 278 g/mol. The smallest absolute Gasteiger partial charge is 0.222 e. The molecule has 0 spiro atoms. The predicted octanol–water partition coefficient (Wildman–Crippen LogP) is 1.54. The molecule has 5 nitrogen and oxygen atoms in total. The lowest BCUT2D eigenvalue weighted by molar-refractivity contribution is -0.138. The predicted molar refractivity (Wildman–Crippen MR) is 84.2 cm³/mol. The average molecular weight is 303 g/mol. The Balaban J connectivity index is 1.72. The molecule has 5 heteroatoms. The Hall–Kier alpha value is -1.46. The maximum absolute atomic E-state index is 12.2. The standard InChI is InChI=1S/C17H25N3O2/c1-3-17(21)20-8-6-16(22-2)14-11-19(12-15(14)20)10-13-5-4-7-18-9-13/h4-5,7,9,14-16H,3,6,8,10-12H2,1-2H3/t14-,15+,16-/m0/s1. The number of pyridine rings is 1. The molecular formula is C17H25N3O2. The van der Waals surface area contributed by atoms with Crippen LogP contribution in [0.1, 0.15) is 25.3 Å². The summed E-state index contributed by atoms with van der Waals surface area (Å²) in [7, 11) is 1.79. The third kappa shape index (κ3) is 3.01. The second-order valence-electron chi connectivity index (χ2n) is 6.29. The van der Waals surface area contributed by atoms with Gasteiger partial charge in [-0.25, -0.2) is 0 Å². The number of nitrogens with zero attached hydrogens (tertiary/aromatic N) is 3. The number of likely N-dealkylation sites (tertiary alicyclic amines) is 2. The molecule has 1 amide bonds. The van der Waals surface area contributed by atoms with E-state index in [0.29, 0.717) is 18.4 Å². The van der Waals surface area contributed by atoms with Gasteiger partial charge >= 0.3 is 0 Å². The number of ether oxygens (including phenoxy) is 1. The van der Waals surface area contributed by atoms with Gasteiger partial charge in [-0.05, 0) is 18.1 Å². The molecule has 0 N–H and O–H groups in total. The van der Waals surface area contributed by atoms with Gasteiger partial charge in [0, 0.05) is 58.0 Å². The van der Waals surface area contributed by atoms with Crippen molar-refractivity contribution in [2.24, 2.45) is 5.92 Å². The Morgan fingerprint density at radius 2 is 2.32 bits per heavy atom. The fourth-order valence-electron chi connectivity index (χ4n) is 3.92. The Labute approximate surface area is 132 Å². The highest BCUT2D eigenvalue weighted by Gasteiger charge is 2.45. The summed E-state index contributed by atoms with van der Waals surface area (Å²) in [6.07, 6.45) is 5.53. The van der Waals surface area contributed by atoms with Crippen LogP contribution in [-0.4, -0.2) is 59.6 Å². The number of carbonyl (C=O) groups excluding carboxylic acids is 1. The van der Waals surface area contributed by atoms with Crippen LogP contribution >= 0.6 is 0 Å². The minimum atomic E-state index is 0.268. The van der Waals surface area contributed by atoms with Crippen molar-refractivity contribution in [2.45, 2.75) is 38.5 Å². The SMILES string of the molecule is CCC(=O)N1CC[C@H](OC)[C@H]2CN(Cc3cccnc3)C[C@H]21. The zero-order chi connectivity index (χ0) is 15.5. The van der Waals surface area contributed by atoms with Gasteiger partial charge in [-0.1, -0.05) is 13.0 Å². The molecule has 1 aromatic heterocycles. The van der Waals surface area contributed by atoms with Gasteiger partial charge in [0.2, 0.25) is 5.91 Å². The molecule has 0 saturated carbocycles. The second-order valence-corrected chi connectivity index (χ2v) is 6.29. The summed E-state index contributed by atoms with van der Waals surface area (Å²) < 4.78 is 5.69. The monoisotopic (exact) mass is 303 g/mol. The van der Waals surface area contributed by atoms with Crippen molar-refractivity contribution in [3.05, 3.63) is 30.1 Å². The van der Waals surface area contributed by atoms with Crippen LogP contribution in [-0.2, 0) is 16.1 Å². The van der Waals surface area contributed by atoms with E-state index < -0.39 is 0 Å². The highest BCUT2D eigenvalue weighted by Crippen LogP contribution is 2.33. The number of amides is 1.